The lowest BCUT2D eigenvalue weighted by Crippen LogP contribution is -2.42. The van der Waals surface area contributed by atoms with Crippen LogP contribution < -0.4 is 16.4 Å². The summed E-state index contributed by atoms with van der Waals surface area (Å²) in [6.07, 6.45) is 2.17. The highest BCUT2D eigenvalue weighted by molar-refractivity contribution is 5.72. The third kappa shape index (κ3) is 11.0. The van der Waals surface area contributed by atoms with E-state index in [1.807, 2.05) is 0 Å². The molecular weight excluding hydrogens is 298 g/mol. The molecule has 0 aliphatic carbocycles. The van der Waals surface area contributed by atoms with Crippen molar-refractivity contribution >= 4 is 5.91 Å². The molecule has 0 unspecified atom stereocenters. The number of carbonyl (C=O) groups excluding carboxylic acids is 1. The maximum Gasteiger partial charge on any atom is 0.216 e. The minimum absolute atomic E-state index is 0.0447. The van der Waals surface area contributed by atoms with Crippen molar-refractivity contribution in [2.24, 2.45) is 27.4 Å². The number of amides is 1. The Labute approximate surface area is 150 Å². The Morgan fingerprint density at radius 2 is 1.12 bits per heavy atom. The molecule has 0 aliphatic heterocycles. The van der Waals surface area contributed by atoms with Crippen LogP contribution in [0.15, 0.2) is 0 Å². The van der Waals surface area contributed by atoms with Gasteiger partial charge in [-0.15, -0.1) is 0 Å². The normalized spacial score (nSPS) is 13.9. The van der Waals surface area contributed by atoms with Gasteiger partial charge in [0.25, 0.3) is 0 Å². The molecule has 4 heteroatoms. The topological polar surface area (TPSA) is 67.2 Å². The van der Waals surface area contributed by atoms with E-state index in [1.54, 1.807) is 6.92 Å². The van der Waals surface area contributed by atoms with Crippen molar-refractivity contribution < 1.29 is 4.79 Å². The summed E-state index contributed by atoms with van der Waals surface area (Å²) in [6, 6.07) is 0. The maximum atomic E-state index is 11.1. The number of carbonyl (C=O) groups is 1. The molecule has 0 aromatic heterocycles. The van der Waals surface area contributed by atoms with Gasteiger partial charge in [-0.3, -0.25) is 4.79 Å². The van der Waals surface area contributed by atoms with E-state index in [9.17, 15) is 4.79 Å². The minimum atomic E-state index is 0.0447. The predicted octanol–water partition coefficient (Wildman–Crippen LogP) is 3.56. The van der Waals surface area contributed by atoms with Crippen molar-refractivity contribution in [3.63, 3.8) is 0 Å². The Morgan fingerprint density at radius 1 is 0.750 bits per heavy atom. The monoisotopic (exact) mass is 341 g/mol. The molecule has 0 saturated heterocycles. The van der Waals surface area contributed by atoms with E-state index in [0.717, 1.165) is 39.0 Å². The quantitative estimate of drug-likeness (QED) is 0.538. The van der Waals surface area contributed by atoms with Gasteiger partial charge in [-0.1, -0.05) is 55.4 Å². The summed E-state index contributed by atoms with van der Waals surface area (Å²) in [6.45, 7) is 23.1. The fraction of sp³-hybridized carbons (Fsp3) is 0.950. The molecule has 0 aromatic carbocycles. The summed E-state index contributed by atoms with van der Waals surface area (Å²) < 4.78 is 0. The predicted molar refractivity (Wildman–Crippen MR) is 105 cm³/mol. The van der Waals surface area contributed by atoms with E-state index in [2.05, 4.69) is 66.0 Å². The highest BCUT2D eigenvalue weighted by atomic mass is 16.1. The van der Waals surface area contributed by atoms with E-state index in [4.69, 9.17) is 5.73 Å². The molecule has 0 bridgehead atoms. The molecule has 0 heterocycles. The molecule has 4 N–H and O–H groups in total. The van der Waals surface area contributed by atoms with Crippen molar-refractivity contribution in [3.8, 4) is 0 Å². The zero-order valence-electron chi connectivity index (χ0n) is 17.7. The number of rotatable bonds is 11. The van der Waals surface area contributed by atoms with Crippen LogP contribution in [0.1, 0.15) is 75.2 Å². The smallest absolute Gasteiger partial charge is 0.216 e. The van der Waals surface area contributed by atoms with E-state index < -0.39 is 0 Å². The average molecular weight is 342 g/mol. The van der Waals surface area contributed by atoms with Crippen LogP contribution in [-0.4, -0.2) is 32.1 Å². The molecule has 0 spiro atoms. The zero-order valence-corrected chi connectivity index (χ0v) is 17.7. The van der Waals surface area contributed by atoms with Crippen LogP contribution in [0.4, 0.5) is 0 Å². The van der Waals surface area contributed by atoms with E-state index in [-0.39, 0.29) is 27.6 Å². The first-order valence-corrected chi connectivity index (χ1v) is 9.25. The minimum Gasteiger partial charge on any atom is -0.356 e. The molecule has 0 radical (unpaired) electrons. The Bertz CT molecular complexity index is 398. The molecule has 24 heavy (non-hydrogen) atoms. The summed E-state index contributed by atoms with van der Waals surface area (Å²) >= 11 is 0. The molecule has 0 saturated carbocycles. The lowest BCUT2D eigenvalue weighted by molar-refractivity contribution is -0.119. The van der Waals surface area contributed by atoms with Crippen molar-refractivity contribution in [1.82, 2.24) is 10.6 Å². The van der Waals surface area contributed by atoms with Crippen LogP contribution in [0.5, 0.6) is 0 Å². The summed E-state index contributed by atoms with van der Waals surface area (Å²) in [7, 11) is 0. The summed E-state index contributed by atoms with van der Waals surface area (Å²) in [5.74, 6) is 0.0447. The molecule has 0 aromatic rings. The van der Waals surface area contributed by atoms with Gasteiger partial charge in [0.05, 0.1) is 0 Å². The standard InChI is InChI=1S/C20H43N3O/c1-16(24)23-15-20(8,9)11-19(6,7)14-22-13-18(4,5)10-17(2,3)12-21/h22H,10-15,21H2,1-9H3,(H,23,24). The molecule has 1 amide bonds. The third-order valence-electron chi connectivity index (χ3n) is 4.49. The van der Waals surface area contributed by atoms with Crippen LogP contribution in [0.2, 0.25) is 0 Å². The van der Waals surface area contributed by atoms with Crippen molar-refractivity contribution in [2.45, 2.75) is 75.2 Å². The average Bonchev–Trinajstić information content (AvgIpc) is 2.33. The fourth-order valence-electron chi connectivity index (χ4n) is 3.95. The van der Waals surface area contributed by atoms with Gasteiger partial charge in [0.1, 0.15) is 0 Å². The highest BCUT2D eigenvalue weighted by Crippen LogP contribution is 2.34. The molecule has 4 nitrogen and oxygen atoms in total. The van der Waals surface area contributed by atoms with Crippen molar-refractivity contribution in [3.05, 3.63) is 0 Å². The fourth-order valence-corrected chi connectivity index (χ4v) is 3.95. The second-order valence-electron chi connectivity index (χ2n) is 10.7. The van der Waals surface area contributed by atoms with Gasteiger partial charge in [0.15, 0.2) is 0 Å². The number of hydrogen-bond donors (Lipinski definition) is 3. The number of hydrogen-bond acceptors (Lipinski definition) is 3. The first kappa shape index (κ1) is 23.4. The van der Waals surface area contributed by atoms with E-state index in [1.165, 1.54) is 0 Å². The summed E-state index contributed by atoms with van der Waals surface area (Å²) in [5.41, 5.74) is 6.56. The lowest BCUT2D eigenvalue weighted by Gasteiger charge is -2.38. The van der Waals surface area contributed by atoms with Crippen LogP contribution in [0, 0.1) is 21.7 Å². The highest BCUT2D eigenvalue weighted by Gasteiger charge is 2.31. The summed E-state index contributed by atoms with van der Waals surface area (Å²) in [5, 5.41) is 6.62. The Balaban J connectivity index is 4.44. The van der Waals surface area contributed by atoms with Gasteiger partial charge < -0.3 is 16.4 Å². The lowest BCUT2D eigenvalue weighted by atomic mass is 9.73. The van der Waals surface area contributed by atoms with Crippen LogP contribution in [0.25, 0.3) is 0 Å². The van der Waals surface area contributed by atoms with Gasteiger partial charge in [-0.25, -0.2) is 0 Å². The molecule has 0 fully saturated rings. The second-order valence-corrected chi connectivity index (χ2v) is 10.7. The third-order valence-corrected chi connectivity index (χ3v) is 4.49. The Morgan fingerprint density at radius 3 is 1.50 bits per heavy atom. The zero-order chi connectivity index (χ0) is 19.2. The van der Waals surface area contributed by atoms with Crippen LogP contribution in [0.3, 0.4) is 0 Å². The Kier molecular flexibility index (Phi) is 8.44. The number of nitrogens with two attached hydrogens (primary N) is 1. The van der Waals surface area contributed by atoms with Gasteiger partial charge in [0.2, 0.25) is 5.91 Å². The van der Waals surface area contributed by atoms with Gasteiger partial charge >= 0.3 is 0 Å². The van der Waals surface area contributed by atoms with E-state index in [0.29, 0.717) is 0 Å². The second kappa shape index (κ2) is 8.66. The van der Waals surface area contributed by atoms with E-state index >= 15 is 0 Å². The van der Waals surface area contributed by atoms with Gasteiger partial charge in [-0.2, -0.15) is 0 Å². The van der Waals surface area contributed by atoms with Crippen LogP contribution >= 0.6 is 0 Å². The molecule has 144 valence electrons. The Hall–Kier alpha value is -0.610. The van der Waals surface area contributed by atoms with Crippen molar-refractivity contribution in [1.29, 1.82) is 0 Å². The molecular formula is C20H43N3O. The SMILES string of the molecule is CC(=O)NCC(C)(C)CC(C)(C)CNCC(C)(C)CC(C)(C)CN. The molecule has 0 atom stereocenters. The van der Waals surface area contributed by atoms with Crippen LogP contribution in [-0.2, 0) is 4.79 Å². The first-order valence-electron chi connectivity index (χ1n) is 9.25. The number of nitrogens with one attached hydrogen (secondary N) is 2. The largest absolute Gasteiger partial charge is 0.356 e. The van der Waals surface area contributed by atoms with Crippen molar-refractivity contribution in [2.75, 3.05) is 26.2 Å². The van der Waals surface area contributed by atoms with Gasteiger partial charge in [0, 0.05) is 26.6 Å². The van der Waals surface area contributed by atoms with Gasteiger partial charge in [-0.05, 0) is 41.0 Å². The molecule has 0 aliphatic rings. The summed E-state index contributed by atoms with van der Waals surface area (Å²) in [4.78, 5) is 11.1. The first-order chi connectivity index (χ1) is 10.6. The maximum absolute atomic E-state index is 11.1. The molecule has 0 rings (SSSR count).